The minimum absolute atomic E-state index is 0.0238. The lowest BCUT2D eigenvalue weighted by Gasteiger charge is -2.36. The van der Waals surface area contributed by atoms with Gasteiger partial charge in [-0.1, -0.05) is 19.3 Å². The summed E-state index contributed by atoms with van der Waals surface area (Å²) in [5.41, 5.74) is -0.582. The summed E-state index contributed by atoms with van der Waals surface area (Å²) in [5.74, 6) is -0.975. The highest BCUT2D eigenvalue weighted by molar-refractivity contribution is 5.69. The predicted molar refractivity (Wildman–Crippen MR) is 63.2 cm³/mol. The number of hydrogen-bond donors (Lipinski definition) is 2. The van der Waals surface area contributed by atoms with Crippen LogP contribution in [0.5, 0.6) is 0 Å². The Labute approximate surface area is 114 Å². The lowest BCUT2D eigenvalue weighted by atomic mass is 9.72. The van der Waals surface area contributed by atoms with Gasteiger partial charge in [0.05, 0.1) is 6.42 Å². The minimum atomic E-state index is -4.57. The van der Waals surface area contributed by atoms with Crippen molar-refractivity contribution < 1.29 is 32.6 Å². The number of alkyl carbamates (subject to hydrolysis) is 1. The number of hydrogen-bond acceptors (Lipinski definition) is 3. The number of ether oxygens (including phenoxy) is 1. The van der Waals surface area contributed by atoms with Crippen molar-refractivity contribution in [3.63, 3.8) is 0 Å². The smallest absolute Gasteiger partial charge is 0.422 e. The van der Waals surface area contributed by atoms with E-state index in [-0.39, 0.29) is 13.0 Å². The van der Waals surface area contributed by atoms with Crippen LogP contribution in [0.4, 0.5) is 18.0 Å². The number of carbonyl (C=O) groups is 2. The molecule has 0 radical (unpaired) electrons. The molecule has 0 atom stereocenters. The van der Waals surface area contributed by atoms with Crippen LogP contribution in [0.2, 0.25) is 0 Å². The van der Waals surface area contributed by atoms with E-state index in [1.165, 1.54) is 0 Å². The van der Waals surface area contributed by atoms with Crippen molar-refractivity contribution in [3.05, 3.63) is 0 Å². The van der Waals surface area contributed by atoms with Crippen molar-refractivity contribution in [1.82, 2.24) is 5.32 Å². The Balaban J connectivity index is 2.45. The molecule has 1 fully saturated rings. The zero-order valence-electron chi connectivity index (χ0n) is 11.0. The van der Waals surface area contributed by atoms with Gasteiger partial charge in [0.1, 0.15) is 0 Å². The van der Waals surface area contributed by atoms with Crippen LogP contribution < -0.4 is 5.32 Å². The molecular weight excluding hydrogens is 279 g/mol. The van der Waals surface area contributed by atoms with Crippen molar-refractivity contribution in [1.29, 1.82) is 0 Å². The number of carboxylic acid groups (broad SMARTS) is 1. The molecule has 0 aliphatic heterocycles. The van der Waals surface area contributed by atoms with Crippen LogP contribution in [-0.2, 0) is 9.53 Å². The van der Waals surface area contributed by atoms with Gasteiger partial charge in [-0.2, -0.15) is 13.2 Å². The van der Waals surface area contributed by atoms with E-state index >= 15 is 0 Å². The lowest BCUT2D eigenvalue weighted by molar-refractivity contribution is -0.160. The largest absolute Gasteiger partial charge is 0.481 e. The molecule has 116 valence electrons. The number of carboxylic acids is 1. The quantitative estimate of drug-likeness (QED) is 0.818. The summed E-state index contributed by atoms with van der Waals surface area (Å²) in [7, 11) is 0. The number of carbonyl (C=O) groups excluding carboxylic acids is 1. The molecule has 8 heteroatoms. The highest BCUT2D eigenvalue weighted by Crippen LogP contribution is 2.38. The molecular formula is C12H18F3NO4. The molecule has 0 saturated heterocycles. The Bertz CT molecular complexity index is 351. The van der Waals surface area contributed by atoms with Crippen LogP contribution in [0.3, 0.4) is 0 Å². The third-order valence-corrected chi connectivity index (χ3v) is 3.42. The van der Waals surface area contributed by atoms with Crippen LogP contribution in [0.15, 0.2) is 0 Å². The van der Waals surface area contributed by atoms with Gasteiger partial charge in [0.15, 0.2) is 6.61 Å². The standard InChI is InChI=1S/C12H18F3NO4/c13-12(14,15)8-20-10(19)16-7-11(6-9(17)18)4-2-1-3-5-11/h1-8H2,(H,16,19)(H,17,18). The summed E-state index contributed by atoms with van der Waals surface area (Å²) in [5, 5.41) is 11.2. The summed E-state index contributed by atoms with van der Waals surface area (Å²) in [6.07, 6.45) is -1.86. The molecule has 1 aliphatic carbocycles. The van der Waals surface area contributed by atoms with Crippen molar-refractivity contribution in [2.24, 2.45) is 5.41 Å². The molecule has 5 nitrogen and oxygen atoms in total. The molecule has 1 aliphatic rings. The van der Waals surface area contributed by atoms with Gasteiger partial charge in [-0.25, -0.2) is 4.79 Å². The Kier molecular flexibility index (Phi) is 5.64. The maximum Gasteiger partial charge on any atom is 0.422 e. The SMILES string of the molecule is O=C(O)CC1(CNC(=O)OCC(F)(F)F)CCCCC1. The summed E-state index contributed by atoms with van der Waals surface area (Å²) >= 11 is 0. The Morgan fingerprint density at radius 3 is 2.30 bits per heavy atom. The van der Waals surface area contributed by atoms with Crippen LogP contribution in [0.1, 0.15) is 38.5 Å². The van der Waals surface area contributed by atoms with Gasteiger partial charge in [-0.05, 0) is 18.3 Å². The first-order valence-electron chi connectivity index (χ1n) is 6.42. The fourth-order valence-corrected chi connectivity index (χ4v) is 2.50. The van der Waals surface area contributed by atoms with E-state index in [1.807, 2.05) is 0 Å². The van der Waals surface area contributed by atoms with Gasteiger partial charge in [-0.3, -0.25) is 4.79 Å². The monoisotopic (exact) mass is 297 g/mol. The minimum Gasteiger partial charge on any atom is -0.481 e. The Morgan fingerprint density at radius 1 is 1.20 bits per heavy atom. The van der Waals surface area contributed by atoms with Crippen molar-refractivity contribution in [2.75, 3.05) is 13.2 Å². The molecule has 1 rings (SSSR count). The molecule has 0 spiro atoms. The topological polar surface area (TPSA) is 75.6 Å². The molecule has 0 unspecified atom stereocenters. The van der Waals surface area contributed by atoms with Gasteiger partial charge in [-0.15, -0.1) is 0 Å². The fourth-order valence-electron chi connectivity index (χ4n) is 2.50. The summed E-state index contributed by atoms with van der Waals surface area (Å²) in [6, 6.07) is 0. The van der Waals surface area contributed by atoms with Gasteiger partial charge in [0, 0.05) is 6.54 Å². The number of alkyl halides is 3. The van der Waals surface area contributed by atoms with E-state index in [2.05, 4.69) is 10.1 Å². The molecule has 1 saturated carbocycles. The van der Waals surface area contributed by atoms with Gasteiger partial charge in [0.2, 0.25) is 0 Å². The van der Waals surface area contributed by atoms with Crippen LogP contribution in [0.25, 0.3) is 0 Å². The van der Waals surface area contributed by atoms with E-state index < -0.39 is 30.3 Å². The van der Waals surface area contributed by atoms with Gasteiger partial charge >= 0.3 is 18.2 Å². The lowest BCUT2D eigenvalue weighted by Crippen LogP contribution is -2.41. The number of halogens is 3. The average Bonchev–Trinajstić information content (AvgIpc) is 2.33. The number of nitrogens with one attached hydrogen (secondary N) is 1. The normalized spacial score (nSPS) is 18.4. The van der Waals surface area contributed by atoms with Gasteiger partial charge in [0.25, 0.3) is 0 Å². The van der Waals surface area contributed by atoms with E-state index in [4.69, 9.17) is 5.11 Å². The number of aliphatic carboxylic acids is 1. The van der Waals surface area contributed by atoms with Crippen LogP contribution >= 0.6 is 0 Å². The highest BCUT2D eigenvalue weighted by Gasteiger charge is 2.35. The summed E-state index contributed by atoms with van der Waals surface area (Å²) in [6.45, 7) is -1.62. The molecule has 2 N–H and O–H groups in total. The third kappa shape index (κ3) is 6.12. The Hall–Kier alpha value is -1.47. The van der Waals surface area contributed by atoms with Crippen molar-refractivity contribution in [2.45, 2.75) is 44.7 Å². The van der Waals surface area contributed by atoms with Crippen LogP contribution in [0, 0.1) is 5.41 Å². The molecule has 0 heterocycles. The third-order valence-electron chi connectivity index (χ3n) is 3.42. The van der Waals surface area contributed by atoms with E-state index in [9.17, 15) is 22.8 Å². The highest BCUT2D eigenvalue weighted by atomic mass is 19.4. The molecule has 0 aromatic rings. The van der Waals surface area contributed by atoms with Crippen molar-refractivity contribution in [3.8, 4) is 0 Å². The molecule has 20 heavy (non-hydrogen) atoms. The zero-order chi connectivity index (χ0) is 15.2. The summed E-state index contributed by atoms with van der Waals surface area (Å²) < 4.78 is 39.7. The van der Waals surface area contributed by atoms with Gasteiger partial charge < -0.3 is 15.2 Å². The molecule has 0 aromatic heterocycles. The van der Waals surface area contributed by atoms with E-state index in [0.29, 0.717) is 12.8 Å². The average molecular weight is 297 g/mol. The first kappa shape index (κ1) is 16.6. The fraction of sp³-hybridized carbons (Fsp3) is 0.833. The second kappa shape index (κ2) is 6.81. The van der Waals surface area contributed by atoms with Crippen molar-refractivity contribution >= 4 is 12.1 Å². The van der Waals surface area contributed by atoms with E-state index in [1.54, 1.807) is 0 Å². The zero-order valence-corrected chi connectivity index (χ0v) is 11.0. The predicted octanol–water partition coefficient (Wildman–Crippen LogP) is 2.70. The Morgan fingerprint density at radius 2 is 1.80 bits per heavy atom. The molecule has 1 amide bonds. The van der Waals surface area contributed by atoms with E-state index in [0.717, 1.165) is 19.3 Å². The maximum absolute atomic E-state index is 11.9. The number of rotatable bonds is 5. The second-order valence-electron chi connectivity index (χ2n) is 5.18. The maximum atomic E-state index is 11.9. The first-order valence-corrected chi connectivity index (χ1v) is 6.42. The molecule has 0 bridgehead atoms. The second-order valence-corrected chi connectivity index (χ2v) is 5.18. The first-order chi connectivity index (χ1) is 9.22. The number of amides is 1. The summed E-state index contributed by atoms with van der Waals surface area (Å²) in [4.78, 5) is 22.1. The van der Waals surface area contributed by atoms with Crippen LogP contribution in [-0.4, -0.2) is 36.5 Å². The molecule has 0 aromatic carbocycles.